The smallest absolute Gasteiger partial charge is 0.316 e. The van der Waals surface area contributed by atoms with Gasteiger partial charge in [-0.2, -0.15) is 0 Å². The summed E-state index contributed by atoms with van der Waals surface area (Å²) in [6.45, 7) is 1.95. The predicted octanol–water partition coefficient (Wildman–Crippen LogP) is 1.14. The number of primary amides is 1. The third kappa shape index (κ3) is 3.82. The quantitative estimate of drug-likeness (QED) is 0.775. The Bertz CT molecular complexity index is 623. The summed E-state index contributed by atoms with van der Waals surface area (Å²) in [6, 6.07) is 6.44. The molecule has 2 rings (SSSR count). The van der Waals surface area contributed by atoms with Gasteiger partial charge in [-0.1, -0.05) is 18.2 Å². The molecule has 4 N–H and O–H groups in total. The number of hydrogen-bond donors (Lipinski definition) is 3. The van der Waals surface area contributed by atoms with Crippen molar-refractivity contribution in [1.29, 1.82) is 0 Å². The summed E-state index contributed by atoms with van der Waals surface area (Å²) in [5.41, 5.74) is 6.65. The van der Waals surface area contributed by atoms with Crippen LogP contribution < -0.4 is 16.4 Å². The molecule has 20 heavy (non-hydrogen) atoms. The van der Waals surface area contributed by atoms with Gasteiger partial charge in [0, 0.05) is 23.2 Å². The molecule has 0 spiro atoms. The maximum Gasteiger partial charge on any atom is 0.316 e. The molecule has 7 heteroatoms. The summed E-state index contributed by atoms with van der Waals surface area (Å²) >= 11 is 0. The van der Waals surface area contributed by atoms with E-state index in [0.29, 0.717) is 5.69 Å². The fraction of sp³-hybridized carbons (Fsp3) is 0.308. The number of hydrogen-bond acceptors (Lipinski definition) is 4. The number of nitrogens with two attached hydrogens (primary N) is 1. The van der Waals surface area contributed by atoms with Crippen molar-refractivity contribution in [2.24, 2.45) is 5.73 Å². The first-order valence-electron chi connectivity index (χ1n) is 6.19. The summed E-state index contributed by atoms with van der Waals surface area (Å²) in [5.74, 6) is 0.0959. The Balaban J connectivity index is 1.98. The number of carbonyl (C=O) groups is 1. The van der Waals surface area contributed by atoms with E-state index in [4.69, 9.17) is 5.73 Å². The minimum atomic E-state index is -3.05. The fourth-order valence-corrected chi connectivity index (χ4v) is 3.34. The van der Waals surface area contributed by atoms with Crippen molar-refractivity contribution in [2.75, 3.05) is 11.1 Å². The molecular formula is C13H17N3O3S. The largest absolute Gasteiger partial charge is 0.351 e. The molecule has 1 heterocycles. The molecule has 2 atom stereocenters. The van der Waals surface area contributed by atoms with Crippen molar-refractivity contribution in [3.63, 3.8) is 0 Å². The molecule has 2 amide bonds. The number of carbonyl (C=O) groups excluding carboxylic acids is 1. The van der Waals surface area contributed by atoms with Gasteiger partial charge in [-0.3, -0.25) is 0 Å². The first kappa shape index (κ1) is 14.5. The summed E-state index contributed by atoms with van der Waals surface area (Å²) in [4.78, 5) is 10.7. The molecule has 0 saturated heterocycles. The molecule has 0 aliphatic carbocycles. The number of rotatable bonds is 4. The second-order valence-corrected chi connectivity index (χ2v) is 6.70. The van der Waals surface area contributed by atoms with Crippen molar-refractivity contribution < 1.29 is 13.2 Å². The molecule has 6 nitrogen and oxygen atoms in total. The standard InChI is InChI=1S/C13H17N3O3S/c1-9(15-12-6-7-20(18,19)8-12)10-2-4-11(5-3-10)16-13(14)17/h2-7,9,12,15H,8H2,1H3,(H3,14,16,17). The second kappa shape index (κ2) is 5.64. The number of sulfone groups is 1. The fourth-order valence-electron chi connectivity index (χ4n) is 2.09. The van der Waals surface area contributed by atoms with E-state index >= 15 is 0 Å². The lowest BCUT2D eigenvalue weighted by atomic mass is 10.1. The van der Waals surface area contributed by atoms with Crippen LogP contribution in [-0.4, -0.2) is 26.2 Å². The molecule has 0 fully saturated rings. The van der Waals surface area contributed by atoms with Crippen molar-refractivity contribution in [3.8, 4) is 0 Å². The van der Waals surface area contributed by atoms with Crippen LogP contribution in [0.1, 0.15) is 18.5 Å². The highest BCUT2D eigenvalue weighted by Crippen LogP contribution is 2.18. The average Bonchev–Trinajstić information content (AvgIpc) is 2.68. The van der Waals surface area contributed by atoms with Crippen LogP contribution >= 0.6 is 0 Å². The molecule has 108 valence electrons. The van der Waals surface area contributed by atoms with E-state index in [1.54, 1.807) is 18.2 Å². The van der Waals surface area contributed by atoms with Gasteiger partial charge in [0.25, 0.3) is 0 Å². The molecule has 0 aromatic heterocycles. The first-order valence-corrected chi connectivity index (χ1v) is 7.91. The van der Waals surface area contributed by atoms with Gasteiger partial charge < -0.3 is 16.4 Å². The van der Waals surface area contributed by atoms with Crippen molar-refractivity contribution >= 4 is 21.6 Å². The van der Waals surface area contributed by atoms with Crippen LogP contribution in [0.3, 0.4) is 0 Å². The number of anilines is 1. The maximum absolute atomic E-state index is 11.3. The molecule has 1 aliphatic rings. The van der Waals surface area contributed by atoms with Gasteiger partial charge in [0.05, 0.1) is 5.75 Å². The highest BCUT2D eigenvalue weighted by atomic mass is 32.2. The van der Waals surface area contributed by atoms with Crippen LogP contribution in [0.5, 0.6) is 0 Å². The first-order chi connectivity index (χ1) is 9.35. The number of urea groups is 1. The van der Waals surface area contributed by atoms with Gasteiger partial charge in [-0.05, 0) is 24.6 Å². The molecule has 0 bridgehead atoms. The average molecular weight is 295 g/mol. The molecule has 1 aromatic carbocycles. The van der Waals surface area contributed by atoms with Crippen molar-refractivity contribution in [1.82, 2.24) is 5.32 Å². The van der Waals surface area contributed by atoms with Crippen LogP contribution in [0.15, 0.2) is 35.7 Å². The molecular weight excluding hydrogens is 278 g/mol. The van der Waals surface area contributed by atoms with Gasteiger partial charge in [-0.25, -0.2) is 13.2 Å². The topological polar surface area (TPSA) is 101 Å². The summed E-state index contributed by atoms with van der Waals surface area (Å²) in [7, 11) is -3.05. The zero-order valence-corrected chi connectivity index (χ0v) is 11.9. The number of amides is 2. The van der Waals surface area contributed by atoms with Crippen LogP contribution in [0.4, 0.5) is 10.5 Å². The molecule has 1 aliphatic heterocycles. The van der Waals surface area contributed by atoms with E-state index in [1.807, 2.05) is 19.1 Å². The van der Waals surface area contributed by atoms with Crippen molar-refractivity contribution in [2.45, 2.75) is 19.0 Å². The van der Waals surface area contributed by atoms with Crippen LogP contribution in [0.2, 0.25) is 0 Å². The van der Waals surface area contributed by atoms with Gasteiger partial charge in [0.2, 0.25) is 0 Å². The summed E-state index contributed by atoms with van der Waals surface area (Å²) in [6.07, 6.45) is 1.66. The molecule has 0 saturated carbocycles. The Labute approximate surface area is 118 Å². The van der Waals surface area contributed by atoms with E-state index in [1.165, 1.54) is 5.41 Å². The molecule has 0 radical (unpaired) electrons. The van der Waals surface area contributed by atoms with E-state index in [0.717, 1.165) is 5.56 Å². The SMILES string of the molecule is CC(NC1C=CS(=O)(=O)C1)c1ccc(NC(N)=O)cc1. The van der Waals surface area contributed by atoms with Crippen molar-refractivity contribution in [3.05, 3.63) is 41.3 Å². The van der Waals surface area contributed by atoms with Gasteiger partial charge >= 0.3 is 6.03 Å². The lowest BCUT2D eigenvalue weighted by Gasteiger charge is -2.18. The van der Waals surface area contributed by atoms with Crippen LogP contribution in [0, 0.1) is 0 Å². The maximum atomic E-state index is 11.3. The minimum Gasteiger partial charge on any atom is -0.351 e. The summed E-state index contributed by atoms with van der Waals surface area (Å²) < 4.78 is 22.7. The Morgan fingerprint density at radius 2 is 2.00 bits per heavy atom. The zero-order chi connectivity index (χ0) is 14.8. The zero-order valence-electron chi connectivity index (χ0n) is 11.0. The van der Waals surface area contributed by atoms with E-state index in [2.05, 4.69) is 10.6 Å². The van der Waals surface area contributed by atoms with Gasteiger partial charge in [-0.15, -0.1) is 0 Å². The monoisotopic (exact) mass is 295 g/mol. The highest BCUT2D eigenvalue weighted by molar-refractivity contribution is 7.94. The van der Waals surface area contributed by atoms with Gasteiger partial charge in [0.15, 0.2) is 9.84 Å². The second-order valence-electron chi connectivity index (χ2n) is 4.76. The number of nitrogens with one attached hydrogen (secondary N) is 2. The third-order valence-corrected chi connectivity index (χ3v) is 4.47. The Hall–Kier alpha value is -1.86. The Morgan fingerprint density at radius 3 is 2.50 bits per heavy atom. The van der Waals surface area contributed by atoms with Gasteiger partial charge in [0.1, 0.15) is 0 Å². The normalized spacial score (nSPS) is 21.6. The summed E-state index contributed by atoms with van der Waals surface area (Å²) in [5, 5.41) is 6.96. The lowest BCUT2D eigenvalue weighted by molar-refractivity contribution is 0.259. The van der Waals surface area contributed by atoms with Crippen LogP contribution in [0.25, 0.3) is 0 Å². The minimum absolute atomic E-state index is 0.000535. The Morgan fingerprint density at radius 1 is 1.35 bits per heavy atom. The molecule has 1 aromatic rings. The predicted molar refractivity (Wildman–Crippen MR) is 77.9 cm³/mol. The lowest BCUT2D eigenvalue weighted by Crippen LogP contribution is -2.32. The highest BCUT2D eigenvalue weighted by Gasteiger charge is 2.22. The molecule has 2 unspecified atom stereocenters. The van der Waals surface area contributed by atoms with E-state index < -0.39 is 15.9 Å². The van der Waals surface area contributed by atoms with E-state index in [9.17, 15) is 13.2 Å². The van der Waals surface area contributed by atoms with Crippen LogP contribution in [-0.2, 0) is 9.84 Å². The van der Waals surface area contributed by atoms with E-state index in [-0.39, 0.29) is 17.8 Å². The number of benzene rings is 1. The Kier molecular flexibility index (Phi) is 4.10. The third-order valence-electron chi connectivity index (χ3n) is 3.07.